The molecule has 0 amide bonds. The van der Waals surface area contributed by atoms with E-state index < -0.39 is 7.81 Å². The zero-order chi connectivity index (χ0) is 6.41. The van der Waals surface area contributed by atoms with Crippen LogP contribution in [0.5, 0.6) is 0 Å². The maximum atomic E-state index is 9.87. The van der Waals surface area contributed by atoms with Crippen molar-refractivity contribution in [1.82, 2.24) is 0 Å². The Kier molecular flexibility index (Phi) is 2.75. The van der Waals surface area contributed by atoms with Gasteiger partial charge in [0.2, 0.25) is 0 Å². The van der Waals surface area contributed by atoms with Gasteiger partial charge >= 0.3 is 83.3 Å². The van der Waals surface area contributed by atoms with Gasteiger partial charge in [0.05, 0.1) is 0 Å². The minimum absolute atomic E-state index is 0. The molecule has 0 aliphatic heterocycles. The van der Waals surface area contributed by atoms with Crippen LogP contribution in [-0.2, 0) is 0 Å². The van der Waals surface area contributed by atoms with E-state index in [1.807, 2.05) is 0 Å². The molecule has 52 valence electrons. The molecule has 0 aromatic heterocycles. The third-order valence-corrected chi connectivity index (χ3v) is 0. The molecular weight excluding hydrogens is 282 g/mol. The zero-order valence-electron chi connectivity index (χ0n) is 3.72. The molecule has 0 aromatic carbocycles. The molecule has 8 heavy (non-hydrogen) atoms. The molecular formula is H3BaF6P. The first-order valence-corrected chi connectivity index (χ1v) is 3.04. The van der Waals surface area contributed by atoms with Gasteiger partial charge in [-0.25, -0.2) is 0 Å². The Labute approximate surface area is 82.4 Å². The summed E-state index contributed by atoms with van der Waals surface area (Å²) in [6, 6.07) is 0. The average Bonchev–Trinajstić information content (AvgIpc) is 0.592. The molecule has 0 unspecified atom stereocenters. The minimum Gasteiger partial charge on any atom is 1.00 e. The van der Waals surface area contributed by atoms with Crippen LogP contribution < -0.4 is 0 Å². The SMILES string of the molecule is F[P-](F)(F)(F)(F)F.[BaH2].[H+]. The van der Waals surface area contributed by atoms with Crippen molar-refractivity contribution in [1.29, 1.82) is 0 Å². The first-order valence-electron chi connectivity index (χ1n) is 1.01. The third-order valence-electron chi connectivity index (χ3n) is 0. The summed E-state index contributed by atoms with van der Waals surface area (Å²) in [4.78, 5) is 0. The van der Waals surface area contributed by atoms with E-state index in [9.17, 15) is 25.2 Å². The van der Waals surface area contributed by atoms with Gasteiger partial charge in [-0.15, -0.1) is 0 Å². The van der Waals surface area contributed by atoms with Crippen LogP contribution in [-0.4, -0.2) is 48.9 Å². The fourth-order valence-corrected chi connectivity index (χ4v) is 0. The maximum absolute atomic E-state index is 10.7. The topological polar surface area (TPSA) is 0 Å². The second-order valence-corrected chi connectivity index (χ2v) is 2.87. The van der Waals surface area contributed by atoms with Gasteiger partial charge in [0, 0.05) is 0 Å². The number of rotatable bonds is 0. The van der Waals surface area contributed by atoms with E-state index in [1.165, 1.54) is 0 Å². The van der Waals surface area contributed by atoms with Gasteiger partial charge in [-0.1, -0.05) is 0 Å². The summed E-state index contributed by atoms with van der Waals surface area (Å²) >= 11 is 0. The molecule has 0 rings (SSSR count). The van der Waals surface area contributed by atoms with E-state index in [0.717, 1.165) is 0 Å². The number of hydrogen-bond donors (Lipinski definition) is 0. The largest absolute Gasteiger partial charge is 1.00 e. The molecule has 0 aliphatic rings. The van der Waals surface area contributed by atoms with E-state index in [0.29, 0.717) is 0 Å². The fraction of sp³-hybridized carbons (Fsp3) is 0. The van der Waals surface area contributed by atoms with Crippen LogP contribution in [0.1, 0.15) is 1.43 Å². The smallest absolute Gasteiger partial charge is 1.00 e. The standard InChI is InChI=1S/Ba.F6P.2H/c;1-7(2,3,4,5)6;;/q;-1;;/p+1. The van der Waals surface area contributed by atoms with Crippen molar-refractivity contribution in [2.75, 3.05) is 0 Å². The Bertz CT molecular complexity index is 71.6. The van der Waals surface area contributed by atoms with Crippen molar-refractivity contribution < 1.29 is 26.6 Å². The number of hydrogen-bond acceptors (Lipinski definition) is 0. The summed E-state index contributed by atoms with van der Waals surface area (Å²) < 4.78 is 59.2. The van der Waals surface area contributed by atoms with Crippen LogP contribution in [0.15, 0.2) is 0 Å². The second-order valence-electron chi connectivity index (χ2n) is 0.958. The molecule has 0 nitrogen and oxygen atoms in total. The van der Waals surface area contributed by atoms with Gasteiger partial charge in [-0.2, -0.15) is 0 Å². The maximum Gasteiger partial charge on any atom is 1.00 e. The van der Waals surface area contributed by atoms with Crippen LogP contribution >= 0.6 is 7.81 Å². The van der Waals surface area contributed by atoms with Crippen LogP contribution in [0.25, 0.3) is 0 Å². The van der Waals surface area contributed by atoms with Gasteiger partial charge < -0.3 is 0 Å². The van der Waals surface area contributed by atoms with Gasteiger partial charge in [0.15, 0.2) is 0 Å². The first-order chi connectivity index (χ1) is 2.45. The predicted octanol–water partition coefficient (Wildman–Crippen LogP) is 2.58. The van der Waals surface area contributed by atoms with Crippen molar-refractivity contribution >= 4 is 56.7 Å². The molecule has 8 heteroatoms. The average molecular weight is 285 g/mol. The van der Waals surface area contributed by atoms with Crippen LogP contribution in [0.3, 0.4) is 0 Å². The molecule has 0 bridgehead atoms. The first kappa shape index (κ1) is 12.3. The van der Waals surface area contributed by atoms with Gasteiger partial charge in [-0.05, 0) is 0 Å². The molecule has 0 aromatic rings. The Morgan fingerprint density at radius 1 is 0.750 bits per heavy atom. The molecule has 0 saturated carbocycles. The van der Waals surface area contributed by atoms with E-state index in [4.69, 9.17) is 0 Å². The molecule has 0 N–H and O–H groups in total. The summed E-state index contributed by atoms with van der Waals surface area (Å²) in [6.45, 7) is 0. The van der Waals surface area contributed by atoms with E-state index in [1.54, 1.807) is 0 Å². The van der Waals surface area contributed by atoms with E-state index in [-0.39, 0.29) is 50.3 Å². The summed E-state index contributed by atoms with van der Waals surface area (Å²) in [6.07, 6.45) is 0. The molecule has 0 spiro atoms. The third kappa shape index (κ3) is 131. The quantitative estimate of drug-likeness (QED) is 0.364. The Morgan fingerprint density at radius 3 is 0.750 bits per heavy atom. The summed E-state index contributed by atoms with van der Waals surface area (Å²) in [5.41, 5.74) is 0. The molecule has 0 saturated heterocycles. The van der Waals surface area contributed by atoms with E-state index in [2.05, 4.69) is 0 Å². The van der Waals surface area contributed by atoms with Crippen LogP contribution in [0, 0.1) is 0 Å². The predicted molar refractivity (Wildman–Crippen MR) is 23.2 cm³/mol. The van der Waals surface area contributed by atoms with Crippen molar-refractivity contribution in [3.05, 3.63) is 0 Å². The summed E-state index contributed by atoms with van der Waals surface area (Å²) in [5.74, 6) is 0. The van der Waals surface area contributed by atoms with Gasteiger partial charge in [0.25, 0.3) is 0 Å². The van der Waals surface area contributed by atoms with Crippen molar-refractivity contribution in [3.8, 4) is 0 Å². The van der Waals surface area contributed by atoms with Gasteiger partial charge in [-0.3, -0.25) is 0 Å². The minimum atomic E-state index is -10.7. The Balaban J connectivity index is -0.000000180. The van der Waals surface area contributed by atoms with E-state index >= 15 is 0 Å². The molecule has 0 atom stereocenters. The molecule has 0 aliphatic carbocycles. The Hall–Kier alpha value is 1.58. The van der Waals surface area contributed by atoms with Crippen molar-refractivity contribution in [3.63, 3.8) is 0 Å². The van der Waals surface area contributed by atoms with Crippen molar-refractivity contribution in [2.24, 2.45) is 0 Å². The van der Waals surface area contributed by atoms with Crippen LogP contribution in [0.4, 0.5) is 25.2 Å². The molecule has 0 radical (unpaired) electrons. The van der Waals surface area contributed by atoms with Crippen LogP contribution in [0.2, 0.25) is 0 Å². The fourth-order valence-electron chi connectivity index (χ4n) is 0. The zero-order valence-corrected chi connectivity index (χ0v) is 3.61. The number of halogens is 6. The Morgan fingerprint density at radius 2 is 0.750 bits per heavy atom. The summed E-state index contributed by atoms with van der Waals surface area (Å²) in [7, 11) is -10.7. The van der Waals surface area contributed by atoms with Gasteiger partial charge in [0.1, 0.15) is 0 Å². The van der Waals surface area contributed by atoms with Crippen molar-refractivity contribution in [2.45, 2.75) is 0 Å². The second kappa shape index (κ2) is 1.79. The summed E-state index contributed by atoms with van der Waals surface area (Å²) in [5, 5.41) is 0. The normalized spacial score (nSPS) is 20.2. The molecule has 0 fully saturated rings. The molecule has 0 heterocycles. The monoisotopic (exact) mass is 286 g/mol.